The van der Waals surface area contributed by atoms with E-state index >= 15 is 0 Å². The van der Waals surface area contributed by atoms with Gasteiger partial charge in [-0.2, -0.15) is 0 Å². The van der Waals surface area contributed by atoms with Crippen molar-refractivity contribution in [2.24, 2.45) is 0 Å². The van der Waals surface area contributed by atoms with Crippen LogP contribution in [0.25, 0.3) is 5.52 Å². The van der Waals surface area contributed by atoms with Crippen molar-refractivity contribution < 1.29 is 58.2 Å². The molecule has 2 aromatic rings. The number of aromatic nitrogens is 1. The van der Waals surface area contributed by atoms with Gasteiger partial charge in [-0.05, 0) is 12.3 Å². The van der Waals surface area contributed by atoms with Crippen LogP contribution in [0.2, 0.25) is 0 Å². The van der Waals surface area contributed by atoms with Gasteiger partial charge in [-0.25, -0.2) is 12.1 Å². The van der Waals surface area contributed by atoms with E-state index in [4.69, 9.17) is 0 Å². The third kappa shape index (κ3) is 3.13. The van der Waals surface area contributed by atoms with E-state index in [1.807, 2.05) is 48.8 Å². The van der Waals surface area contributed by atoms with Crippen LogP contribution >= 0.6 is 0 Å². The Kier molecular flexibility index (Phi) is 7.35. The van der Waals surface area contributed by atoms with E-state index in [2.05, 4.69) is 12.1 Å². The minimum absolute atomic E-state index is 0. The molecule has 2 heteroatoms. The van der Waals surface area contributed by atoms with Gasteiger partial charge in [0.25, 0.3) is 0 Å². The topological polar surface area (TPSA) is 4.41 Å². The average Bonchev–Trinajstić information content (AvgIpc) is 2.55. The molecule has 0 amide bonds. The summed E-state index contributed by atoms with van der Waals surface area (Å²) in [7, 11) is 0. The average molecular weight is 232 g/mol. The van der Waals surface area contributed by atoms with Gasteiger partial charge in [-0.3, -0.25) is 0 Å². The fraction of sp³-hybridized carbons (Fsp3) is 0.200. The quantitative estimate of drug-likeness (QED) is 0.552. The minimum Gasteiger partial charge on any atom is -0.420 e. The standard InChI is InChI=1S/C8H6N.C2H6.Rb/c1-2-6-9-7-3-5-8(9)4-1;1-2;/h1-2,4-7H;1-2H3;/q-1;;+1. The molecule has 0 aliphatic heterocycles. The molecule has 0 unspecified atom stereocenters. The maximum atomic E-state index is 3.00. The van der Waals surface area contributed by atoms with Gasteiger partial charge >= 0.3 is 58.2 Å². The Morgan fingerprint density at radius 1 is 1.25 bits per heavy atom. The van der Waals surface area contributed by atoms with Crippen LogP contribution in [-0.4, -0.2) is 4.40 Å². The summed E-state index contributed by atoms with van der Waals surface area (Å²) in [4.78, 5) is 0. The molecule has 0 aliphatic rings. The van der Waals surface area contributed by atoms with E-state index in [1.54, 1.807) is 0 Å². The fourth-order valence-electron chi connectivity index (χ4n) is 0.912. The number of rotatable bonds is 0. The molecule has 0 saturated carbocycles. The molecule has 0 aromatic carbocycles. The molecule has 2 aromatic heterocycles. The molecular weight excluding hydrogens is 220 g/mol. The first-order valence-corrected chi connectivity index (χ1v) is 3.89. The monoisotopic (exact) mass is 231 g/mol. The molecule has 2 heterocycles. The summed E-state index contributed by atoms with van der Waals surface area (Å²) in [6, 6.07) is 11.0. The zero-order chi connectivity index (χ0) is 8.10. The molecule has 0 radical (unpaired) electrons. The number of fused-ring (bicyclic) bond motifs is 1. The Morgan fingerprint density at radius 3 is 2.67 bits per heavy atom. The Morgan fingerprint density at radius 2 is 2.00 bits per heavy atom. The van der Waals surface area contributed by atoms with Crippen LogP contribution in [-0.2, 0) is 0 Å². The van der Waals surface area contributed by atoms with Crippen molar-refractivity contribution in [3.63, 3.8) is 0 Å². The predicted octanol–water partition coefficient (Wildman–Crippen LogP) is -0.230. The van der Waals surface area contributed by atoms with Crippen molar-refractivity contribution in [1.82, 2.24) is 4.40 Å². The van der Waals surface area contributed by atoms with Crippen molar-refractivity contribution in [3.8, 4) is 0 Å². The van der Waals surface area contributed by atoms with Crippen molar-refractivity contribution >= 4 is 5.52 Å². The third-order valence-corrected chi connectivity index (χ3v) is 1.37. The van der Waals surface area contributed by atoms with Gasteiger partial charge in [0.05, 0.1) is 0 Å². The van der Waals surface area contributed by atoms with Crippen molar-refractivity contribution in [1.29, 1.82) is 0 Å². The number of nitrogens with zero attached hydrogens (tertiary/aromatic N) is 1. The summed E-state index contributed by atoms with van der Waals surface area (Å²) in [5.74, 6) is 0. The van der Waals surface area contributed by atoms with Crippen molar-refractivity contribution in [3.05, 3.63) is 42.7 Å². The minimum atomic E-state index is 0. The number of pyridine rings is 1. The Labute approximate surface area is 123 Å². The third-order valence-electron chi connectivity index (χ3n) is 1.37. The van der Waals surface area contributed by atoms with Gasteiger partial charge in [0, 0.05) is 0 Å². The largest absolute Gasteiger partial charge is 1.00 e. The number of hydrogen-bond acceptors (Lipinski definition) is 0. The molecule has 0 spiro atoms. The van der Waals surface area contributed by atoms with Gasteiger partial charge in [0.1, 0.15) is 0 Å². The molecule has 12 heavy (non-hydrogen) atoms. The van der Waals surface area contributed by atoms with Crippen LogP contribution in [0, 0.1) is 6.07 Å². The summed E-state index contributed by atoms with van der Waals surface area (Å²) in [6.07, 6.45) is 3.92. The molecular formula is C10H12NRb. The van der Waals surface area contributed by atoms with Crippen LogP contribution in [0.1, 0.15) is 13.8 Å². The van der Waals surface area contributed by atoms with Gasteiger partial charge in [0.15, 0.2) is 0 Å². The SMILES string of the molecule is CC.[Rb+].[c-]1cc2ccccn2c1. The molecule has 0 fully saturated rings. The summed E-state index contributed by atoms with van der Waals surface area (Å²) >= 11 is 0. The van der Waals surface area contributed by atoms with E-state index in [9.17, 15) is 0 Å². The Balaban J connectivity index is 0.000000378. The smallest absolute Gasteiger partial charge is 0.420 e. The molecule has 58 valence electrons. The molecule has 2 rings (SSSR count). The van der Waals surface area contributed by atoms with E-state index < -0.39 is 0 Å². The summed E-state index contributed by atoms with van der Waals surface area (Å²) in [5.41, 5.74) is 1.19. The zero-order valence-corrected chi connectivity index (χ0v) is 12.8. The molecule has 0 aliphatic carbocycles. The van der Waals surface area contributed by atoms with Crippen LogP contribution in [0.4, 0.5) is 0 Å². The van der Waals surface area contributed by atoms with Crippen LogP contribution < -0.4 is 58.2 Å². The van der Waals surface area contributed by atoms with E-state index in [0.29, 0.717) is 0 Å². The van der Waals surface area contributed by atoms with Crippen molar-refractivity contribution in [2.75, 3.05) is 0 Å². The van der Waals surface area contributed by atoms with Gasteiger partial charge < -0.3 is 4.40 Å². The maximum Gasteiger partial charge on any atom is 1.00 e. The van der Waals surface area contributed by atoms with E-state index in [0.717, 1.165) is 0 Å². The van der Waals surface area contributed by atoms with E-state index in [-0.39, 0.29) is 58.2 Å². The maximum absolute atomic E-state index is 3.00. The summed E-state index contributed by atoms with van der Waals surface area (Å²) in [6.45, 7) is 4.00. The first-order valence-electron chi connectivity index (χ1n) is 3.89. The second kappa shape index (κ2) is 7.02. The Bertz CT molecular complexity index is 284. The van der Waals surface area contributed by atoms with E-state index in [1.165, 1.54) is 5.52 Å². The predicted molar refractivity (Wildman–Crippen MR) is 47.6 cm³/mol. The molecule has 1 nitrogen and oxygen atoms in total. The Hall–Kier alpha value is 0.565. The second-order valence-electron chi connectivity index (χ2n) is 1.97. The van der Waals surface area contributed by atoms with Gasteiger partial charge in [0.2, 0.25) is 0 Å². The number of hydrogen-bond donors (Lipinski definition) is 0. The van der Waals surface area contributed by atoms with Crippen molar-refractivity contribution in [2.45, 2.75) is 13.8 Å². The summed E-state index contributed by atoms with van der Waals surface area (Å²) in [5, 5.41) is 0. The second-order valence-corrected chi connectivity index (χ2v) is 1.97. The van der Waals surface area contributed by atoms with Gasteiger partial charge in [-0.15, -0.1) is 17.8 Å². The molecule has 0 N–H and O–H groups in total. The summed E-state index contributed by atoms with van der Waals surface area (Å²) < 4.78 is 2.03. The first kappa shape index (κ1) is 12.6. The first-order chi connectivity index (χ1) is 5.47. The van der Waals surface area contributed by atoms with Crippen LogP contribution in [0.15, 0.2) is 36.7 Å². The van der Waals surface area contributed by atoms with Crippen LogP contribution in [0.3, 0.4) is 0 Å². The van der Waals surface area contributed by atoms with Gasteiger partial charge in [-0.1, -0.05) is 19.9 Å². The fourth-order valence-corrected chi connectivity index (χ4v) is 0.912. The molecule has 0 atom stereocenters. The van der Waals surface area contributed by atoms with Crippen LogP contribution in [0.5, 0.6) is 0 Å². The zero-order valence-electron chi connectivity index (χ0n) is 7.91. The molecule has 0 bridgehead atoms. The normalized spacial score (nSPS) is 8.17. The molecule has 0 saturated heterocycles.